The summed E-state index contributed by atoms with van der Waals surface area (Å²) in [6, 6.07) is 2.01. The molecule has 0 amide bonds. The fraction of sp³-hybridized carbons (Fsp3) is 0.143. The Morgan fingerprint density at radius 1 is 1.54 bits per heavy atom. The van der Waals surface area contributed by atoms with Crippen LogP contribution in [0.5, 0.6) is 0 Å². The van der Waals surface area contributed by atoms with Crippen molar-refractivity contribution in [1.29, 1.82) is 0 Å². The maximum absolute atomic E-state index is 4.21. The molecular weight excluding hydrogens is 299 g/mol. The van der Waals surface area contributed by atoms with Crippen molar-refractivity contribution in [3.8, 4) is 0 Å². The van der Waals surface area contributed by atoms with Crippen LogP contribution in [0.25, 0.3) is 11.0 Å². The van der Waals surface area contributed by atoms with Gasteiger partial charge in [0, 0.05) is 43.6 Å². The zero-order valence-electron chi connectivity index (χ0n) is 6.86. The number of hydrogen-bond acceptors (Lipinski definition) is 4. The van der Waals surface area contributed by atoms with Gasteiger partial charge >= 0.3 is 0 Å². The molecule has 13 heavy (non-hydrogen) atoms. The Bertz CT molecular complexity index is 427. The van der Waals surface area contributed by atoms with Gasteiger partial charge < -0.3 is 5.32 Å². The Labute approximate surface area is 91.9 Å². The predicted molar refractivity (Wildman–Crippen MR) is 64.1 cm³/mol. The van der Waals surface area contributed by atoms with Gasteiger partial charge in [0.25, 0.3) is 0 Å². The molecule has 2 heterocycles. The van der Waals surface area contributed by atoms with Crippen molar-refractivity contribution in [2.24, 2.45) is 0 Å². The second-order valence-corrected chi connectivity index (χ2v) is 4.13. The molecule has 0 aliphatic rings. The normalized spacial score (nSPS) is 10.6. The van der Waals surface area contributed by atoms with E-state index in [1.54, 1.807) is 15.4 Å². The highest BCUT2D eigenvalue weighted by atomic mass is 127. The fourth-order valence-electron chi connectivity index (χ4n) is 1.18. The topological polar surface area (TPSA) is 42.7 Å². The van der Waals surface area contributed by atoms with E-state index >= 15 is 0 Å². The van der Waals surface area contributed by atoms with E-state index in [1.807, 2.05) is 23.3 Å². The number of nitrogens with zero attached hydrogens (tertiary/aromatic N) is 3. The first-order valence-corrected chi connectivity index (χ1v) is 6.97. The number of halogens is 1. The third-order valence-electron chi connectivity index (χ3n) is 1.76. The highest BCUT2D eigenvalue weighted by Crippen LogP contribution is 2.26. The smallest absolute Gasteiger partial charge is 0.156 e. The largest absolute Gasteiger partial charge is 0.372 e. The molecule has 0 unspecified atom stereocenters. The molecule has 4 nitrogen and oxygen atoms in total. The number of hydrogen-bond donors (Lipinski definition) is 1. The van der Waals surface area contributed by atoms with Gasteiger partial charge in [-0.2, -0.15) is 0 Å². The van der Waals surface area contributed by atoms with Crippen LogP contribution in [0.3, 0.4) is 0 Å². The van der Waals surface area contributed by atoms with Gasteiger partial charge in [-0.1, -0.05) is 0 Å². The van der Waals surface area contributed by atoms with Gasteiger partial charge in [0.05, 0.1) is 5.39 Å². The highest BCUT2D eigenvalue weighted by Gasteiger charge is 2.05. The number of aromatic nitrogens is 3. The van der Waals surface area contributed by atoms with Crippen LogP contribution in [0.2, 0.25) is 0 Å². The molecule has 0 aliphatic carbocycles. The standard InChI is InChI=1S/C7H7IN4S/c1-9-6-5-2-3-12(13-8)7(5)11-4-10-6/h2-4H,1H3,(H,9,10,11). The summed E-state index contributed by atoms with van der Waals surface area (Å²) in [6.07, 6.45) is 3.55. The molecule has 68 valence electrons. The summed E-state index contributed by atoms with van der Waals surface area (Å²) >= 11 is 2.22. The molecule has 0 spiro atoms. The lowest BCUT2D eigenvalue weighted by Crippen LogP contribution is -1.94. The minimum Gasteiger partial charge on any atom is -0.372 e. The Hall–Kier alpha value is -0.500. The predicted octanol–water partition coefficient (Wildman–Crippen LogP) is 2.32. The zero-order valence-corrected chi connectivity index (χ0v) is 9.83. The van der Waals surface area contributed by atoms with Crippen LogP contribution in [0.1, 0.15) is 0 Å². The number of fused-ring (bicyclic) bond motifs is 1. The first-order chi connectivity index (χ1) is 6.36. The maximum Gasteiger partial charge on any atom is 0.156 e. The molecule has 0 bridgehead atoms. The lowest BCUT2D eigenvalue weighted by atomic mass is 10.4. The third-order valence-corrected chi connectivity index (χ3v) is 3.48. The molecule has 0 aliphatic heterocycles. The van der Waals surface area contributed by atoms with Crippen LogP contribution >= 0.6 is 30.3 Å². The van der Waals surface area contributed by atoms with Crippen molar-refractivity contribution in [3.05, 3.63) is 18.6 Å². The number of nitrogens with one attached hydrogen (secondary N) is 1. The second-order valence-electron chi connectivity index (χ2n) is 2.42. The van der Waals surface area contributed by atoms with E-state index in [-0.39, 0.29) is 0 Å². The number of rotatable bonds is 2. The quantitative estimate of drug-likeness (QED) is 0.865. The summed E-state index contributed by atoms with van der Waals surface area (Å²) in [7, 11) is 3.45. The average Bonchev–Trinajstić information content (AvgIpc) is 2.60. The van der Waals surface area contributed by atoms with Crippen LogP contribution in [0.15, 0.2) is 18.6 Å². The molecular formula is C7H7IN4S. The van der Waals surface area contributed by atoms with Crippen LogP contribution in [-0.4, -0.2) is 21.0 Å². The molecule has 2 aromatic heterocycles. The molecule has 0 atom stereocenters. The van der Waals surface area contributed by atoms with Crippen molar-refractivity contribution in [2.45, 2.75) is 0 Å². The zero-order chi connectivity index (χ0) is 9.26. The van der Waals surface area contributed by atoms with Crippen LogP contribution in [-0.2, 0) is 0 Å². The van der Waals surface area contributed by atoms with Gasteiger partial charge in [-0.15, -0.1) is 0 Å². The van der Waals surface area contributed by atoms with Gasteiger partial charge in [0.1, 0.15) is 12.1 Å². The summed E-state index contributed by atoms with van der Waals surface area (Å²) in [6.45, 7) is 0. The summed E-state index contributed by atoms with van der Waals surface area (Å²) in [4.78, 5) is 8.33. The van der Waals surface area contributed by atoms with E-state index in [1.165, 1.54) is 0 Å². The maximum atomic E-state index is 4.21. The molecule has 0 aromatic carbocycles. The van der Waals surface area contributed by atoms with Crippen LogP contribution in [0, 0.1) is 0 Å². The molecule has 0 radical (unpaired) electrons. The Balaban J connectivity index is 2.72. The summed E-state index contributed by atoms with van der Waals surface area (Å²) < 4.78 is 2.00. The SMILES string of the molecule is CNc1ncnc2c1ccn2SI. The molecule has 0 fully saturated rings. The molecule has 6 heteroatoms. The van der Waals surface area contributed by atoms with Crippen molar-refractivity contribution in [2.75, 3.05) is 12.4 Å². The first kappa shape index (κ1) is 9.07. The van der Waals surface area contributed by atoms with E-state index < -0.39 is 0 Å². The Morgan fingerprint density at radius 2 is 2.38 bits per heavy atom. The van der Waals surface area contributed by atoms with Crippen molar-refractivity contribution < 1.29 is 0 Å². The van der Waals surface area contributed by atoms with E-state index in [0.29, 0.717) is 0 Å². The lowest BCUT2D eigenvalue weighted by molar-refractivity contribution is 1.17. The molecule has 2 aromatic rings. The number of anilines is 1. The van der Waals surface area contributed by atoms with Gasteiger partial charge in [0.2, 0.25) is 0 Å². The minimum absolute atomic E-state index is 0.870. The summed E-state index contributed by atoms with van der Waals surface area (Å²) in [5.74, 6) is 0.870. The van der Waals surface area contributed by atoms with Crippen molar-refractivity contribution in [3.63, 3.8) is 0 Å². The fourth-order valence-corrected chi connectivity index (χ4v) is 2.45. The summed E-state index contributed by atoms with van der Waals surface area (Å²) in [5, 5.41) is 4.08. The second kappa shape index (κ2) is 3.70. The van der Waals surface area contributed by atoms with Crippen molar-refractivity contribution >= 4 is 47.2 Å². The van der Waals surface area contributed by atoms with E-state index in [4.69, 9.17) is 0 Å². The van der Waals surface area contributed by atoms with E-state index in [2.05, 4.69) is 36.5 Å². The van der Waals surface area contributed by atoms with Crippen molar-refractivity contribution in [1.82, 2.24) is 13.9 Å². The van der Waals surface area contributed by atoms with Crippen LogP contribution in [0.4, 0.5) is 5.82 Å². The average molecular weight is 306 g/mol. The van der Waals surface area contributed by atoms with Gasteiger partial charge in [0.15, 0.2) is 5.65 Å². The van der Waals surface area contributed by atoms with Gasteiger partial charge in [-0.25, -0.2) is 9.97 Å². The first-order valence-electron chi connectivity index (χ1n) is 3.65. The van der Waals surface area contributed by atoms with E-state index in [0.717, 1.165) is 16.9 Å². The molecule has 0 saturated carbocycles. The molecule has 0 saturated heterocycles. The highest BCUT2D eigenvalue weighted by molar-refractivity contribution is 14.2. The van der Waals surface area contributed by atoms with Gasteiger partial charge in [-0.3, -0.25) is 3.97 Å². The lowest BCUT2D eigenvalue weighted by Gasteiger charge is -2.00. The third kappa shape index (κ3) is 1.48. The molecule has 2 rings (SSSR count). The Morgan fingerprint density at radius 3 is 3.08 bits per heavy atom. The molecule has 1 N–H and O–H groups in total. The van der Waals surface area contributed by atoms with E-state index in [9.17, 15) is 0 Å². The Kier molecular flexibility index (Phi) is 2.58. The monoisotopic (exact) mass is 306 g/mol. The minimum atomic E-state index is 0.870. The van der Waals surface area contributed by atoms with Crippen LogP contribution < -0.4 is 5.32 Å². The summed E-state index contributed by atoms with van der Waals surface area (Å²) in [5.41, 5.74) is 0.943. The van der Waals surface area contributed by atoms with Gasteiger partial charge in [-0.05, 0) is 6.07 Å².